The number of hydrogen-bond acceptors (Lipinski definition) is 2. The van der Waals surface area contributed by atoms with Gasteiger partial charge in [0.1, 0.15) is 11.4 Å². The third-order valence-corrected chi connectivity index (χ3v) is 4.00. The van der Waals surface area contributed by atoms with Crippen molar-refractivity contribution in [3.63, 3.8) is 0 Å². The Bertz CT molecular complexity index is 338. The number of rotatable bonds is 3. The molecule has 1 heterocycles. The SMILES string of the molecule is OC(c1occc1Br)(C1CC1)C1CC1. The number of halogens is 1. The predicted octanol–water partition coefficient (Wildman–Crippen LogP) is 3.05. The predicted molar refractivity (Wildman–Crippen MR) is 55.8 cm³/mol. The summed E-state index contributed by atoms with van der Waals surface area (Å²) in [5.74, 6) is 1.61. The zero-order valence-corrected chi connectivity index (χ0v) is 9.46. The van der Waals surface area contributed by atoms with Gasteiger partial charge in [-0.3, -0.25) is 0 Å². The fourth-order valence-corrected chi connectivity index (χ4v) is 2.85. The highest BCUT2D eigenvalue weighted by atomic mass is 79.9. The second kappa shape index (κ2) is 2.86. The minimum absolute atomic E-state index is 0.428. The molecule has 0 amide bonds. The van der Waals surface area contributed by atoms with Gasteiger partial charge in [-0.25, -0.2) is 0 Å². The van der Waals surface area contributed by atoms with E-state index in [4.69, 9.17) is 4.42 Å². The van der Waals surface area contributed by atoms with Crippen LogP contribution in [0.15, 0.2) is 21.2 Å². The molecule has 14 heavy (non-hydrogen) atoms. The Balaban J connectivity index is 2.02. The number of hydrogen-bond donors (Lipinski definition) is 1. The summed E-state index contributed by atoms with van der Waals surface area (Å²) in [6, 6.07) is 1.87. The highest BCUT2D eigenvalue weighted by Crippen LogP contribution is 2.58. The molecule has 0 radical (unpaired) electrons. The molecule has 1 aromatic heterocycles. The van der Waals surface area contributed by atoms with Gasteiger partial charge in [0.2, 0.25) is 0 Å². The molecule has 2 aliphatic rings. The largest absolute Gasteiger partial charge is 0.465 e. The lowest BCUT2D eigenvalue weighted by Crippen LogP contribution is -2.30. The van der Waals surface area contributed by atoms with Gasteiger partial charge in [0, 0.05) is 0 Å². The molecule has 0 unspecified atom stereocenters. The molecule has 0 bridgehead atoms. The van der Waals surface area contributed by atoms with Crippen molar-refractivity contribution in [3.05, 3.63) is 22.6 Å². The monoisotopic (exact) mass is 256 g/mol. The molecule has 0 spiro atoms. The Morgan fingerprint density at radius 1 is 1.29 bits per heavy atom. The molecule has 0 aromatic carbocycles. The first kappa shape index (κ1) is 8.98. The Kier molecular flexibility index (Phi) is 1.83. The maximum Gasteiger partial charge on any atom is 0.150 e. The fourth-order valence-electron chi connectivity index (χ4n) is 2.33. The van der Waals surface area contributed by atoms with Crippen LogP contribution in [-0.4, -0.2) is 5.11 Å². The highest BCUT2D eigenvalue weighted by Gasteiger charge is 2.56. The first-order valence-corrected chi connectivity index (χ1v) is 5.98. The fraction of sp³-hybridized carbons (Fsp3) is 0.636. The minimum Gasteiger partial charge on any atom is -0.465 e. The first-order valence-electron chi connectivity index (χ1n) is 5.18. The second-order valence-corrected chi connectivity index (χ2v) is 5.33. The molecule has 1 aromatic rings. The maximum atomic E-state index is 10.7. The van der Waals surface area contributed by atoms with E-state index in [1.165, 1.54) is 0 Å². The third kappa shape index (κ3) is 1.18. The van der Waals surface area contributed by atoms with E-state index >= 15 is 0 Å². The molecule has 0 atom stereocenters. The molecule has 2 aliphatic carbocycles. The van der Waals surface area contributed by atoms with Crippen LogP contribution in [0.4, 0.5) is 0 Å². The lowest BCUT2D eigenvalue weighted by molar-refractivity contribution is -0.0306. The summed E-state index contributed by atoms with van der Waals surface area (Å²) in [5.41, 5.74) is -0.678. The summed E-state index contributed by atoms with van der Waals surface area (Å²) < 4.78 is 6.35. The first-order chi connectivity index (χ1) is 6.73. The van der Waals surface area contributed by atoms with Gasteiger partial charge in [0.15, 0.2) is 0 Å². The van der Waals surface area contributed by atoms with Crippen molar-refractivity contribution in [1.29, 1.82) is 0 Å². The van der Waals surface area contributed by atoms with Gasteiger partial charge < -0.3 is 9.52 Å². The molecule has 2 saturated carbocycles. The smallest absolute Gasteiger partial charge is 0.150 e. The molecule has 0 aliphatic heterocycles. The van der Waals surface area contributed by atoms with Crippen molar-refractivity contribution in [2.45, 2.75) is 31.3 Å². The Morgan fingerprint density at radius 3 is 2.21 bits per heavy atom. The Morgan fingerprint density at radius 2 is 1.86 bits per heavy atom. The quantitative estimate of drug-likeness (QED) is 0.902. The zero-order valence-electron chi connectivity index (χ0n) is 7.87. The van der Waals surface area contributed by atoms with Crippen LogP contribution in [0.2, 0.25) is 0 Å². The summed E-state index contributed by atoms with van der Waals surface area (Å²) in [7, 11) is 0. The molecule has 3 heteroatoms. The van der Waals surface area contributed by atoms with Crippen LogP contribution in [0, 0.1) is 11.8 Å². The molecule has 1 N–H and O–H groups in total. The van der Waals surface area contributed by atoms with Crippen LogP contribution in [-0.2, 0) is 5.60 Å². The number of aliphatic hydroxyl groups is 1. The van der Waals surface area contributed by atoms with E-state index in [9.17, 15) is 5.11 Å². The van der Waals surface area contributed by atoms with E-state index in [0.29, 0.717) is 11.8 Å². The Labute approximate surface area is 91.4 Å². The number of furan rings is 1. The van der Waals surface area contributed by atoms with Gasteiger partial charge in [-0.05, 0) is 59.5 Å². The maximum absolute atomic E-state index is 10.7. The van der Waals surface area contributed by atoms with Crippen LogP contribution in [0.1, 0.15) is 31.4 Å². The van der Waals surface area contributed by atoms with Crippen molar-refractivity contribution in [1.82, 2.24) is 0 Å². The van der Waals surface area contributed by atoms with Crippen molar-refractivity contribution >= 4 is 15.9 Å². The van der Waals surface area contributed by atoms with Crippen LogP contribution in [0.5, 0.6) is 0 Å². The average molecular weight is 257 g/mol. The average Bonchev–Trinajstić information content (AvgIpc) is 3.00. The van der Waals surface area contributed by atoms with E-state index in [-0.39, 0.29) is 0 Å². The summed E-state index contributed by atoms with van der Waals surface area (Å²) in [5, 5.41) is 10.7. The van der Waals surface area contributed by atoms with E-state index in [1.54, 1.807) is 6.26 Å². The molecular formula is C11H13BrO2. The van der Waals surface area contributed by atoms with Crippen molar-refractivity contribution in [2.75, 3.05) is 0 Å². The molecule has 76 valence electrons. The summed E-state index contributed by atoms with van der Waals surface area (Å²) in [6.07, 6.45) is 6.20. The Hall–Kier alpha value is -0.280. The van der Waals surface area contributed by atoms with Crippen molar-refractivity contribution in [2.24, 2.45) is 11.8 Å². The standard InChI is InChI=1S/C11H13BrO2/c12-9-5-6-14-10(9)11(13,7-1-2-7)8-3-4-8/h5-8,13H,1-4H2. The summed E-state index contributed by atoms with van der Waals surface area (Å²) in [4.78, 5) is 0. The second-order valence-electron chi connectivity index (χ2n) is 4.47. The van der Waals surface area contributed by atoms with Crippen LogP contribution >= 0.6 is 15.9 Å². The van der Waals surface area contributed by atoms with E-state index in [1.807, 2.05) is 6.07 Å². The van der Waals surface area contributed by atoms with Crippen LogP contribution < -0.4 is 0 Å². The van der Waals surface area contributed by atoms with Crippen molar-refractivity contribution in [3.8, 4) is 0 Å². The van der Waals surface area contributed by atoms with E-state index in [0.717, 1.165) is 35.9 Å². The summed E-state index contributed by atoms with van der Waals surface area (Å²) in [6.45, 7) is 0. The lowest BCUT2D eigenvalue weighted by Gasteiger charge is -2.26. The van der Waals surface area contributed by atoms with Crippen LogP contribution in [0.3, 0.4) is 0 Å². The van der Waals surface area contributed by atoms with E-state index in [2.05, 4.69) is 15.9 Å². The van der Waals surface area contributed by atoms with Gasteiger partial charge in [-0.1, -0.05) is 0 Å². The van der Waals surface area contributed by atoms with Crippen molar-refractivity contribution < 1.29 is 9.52 Å². The molecule has 3 rings (SSSR count). The normalized spacial score (nSPS) is 22.7. The molecular weight excluding hydrogens is 244 g/mol. The molecule has 2 fully saturated rings. The minimum atomic E-state index is -0.678. The van der Waals surface area contributed by atoms with Gasteiger partial charge in [0.05, 0.1) is 10.7 Å². The van der Waals surface area contributed by atoms with Crippen LogP contribution in [0.25, 0.3) is 0 Å². The lowest BCUT2D eigenvalue weighted by atomic mass is 9.89. The molecule has 2 nitrogen and oxygen atoms in total. The van der Waals surface area contributed by atoms with Gasteiger partial charge in [0.25, 0.3) is 0 Å². The van der Waals surface area contributed by atoms with Gasteiger partial charge in [-0.15, -0.1) is 0 Å². The van der Waals surface area contributed by atoms with Gasteiger partial charge >= 0.3 is 0 Å². The molecule has 0 saturated heterocycles. The zero-order chi connectivity index (χ0) is 9.76. The topological polar surface area (TPSA) is 33.4 Å². The summed E-state index contributed by atoms with van der Waals surface area (Å²) >= 11 is 3.44. The van der Waals surface area contributed by atoms with Gasteiger partial charge in [-0.2, -0.15) is 0 Å². The highest BCUT2D eigenvalue weighted by molar-refractivity contribution is 9.10. The van der Waals surface area contributed by atoms with E-state index < -0.39 is 5.60 Å². The third-order valence-electron chi connectivity index (χ3n) is 3.38.